The molecule has 3 aliphatic rings. The van der Waals surface area contributed by atoms with E-state index in [4.69, 9.17) is 4.98 Å². The Hall–Kier alpha value is -0.830. The highest BCUT2D eigenvalue weighted by atomic mass is 15.2. The lowest BCUT2D eigenvalue weighted by Gasteiger charge is -2.26. The van der Waals surface area contributed by atoms with Gasteiger partial charge in [-0.2, -0.15) is 0 Å². The molecule has 110 valence electrons. The van der Waals surface area contributed by atoms with Crippen molar-refractivity contribution in [3.63, 3.8) is 0 Å². The summed E-state index contributed by atoms with van der Waals surface area (Å²) in [4.78, 5) is 5.04. The molecule has 2 fully saturated rings. The smallest absolute Gasteiger partial charge is 0.112 e. The zero-order valence-corrected chi connectivity index (χ0v) is 12.9. The molecule has 1 aromatic rings. The van der Waals surface area contributed by atoms with E-state index in [0.29, 0.717) is 0 Å². The molecule has 0 bridgehead atoms. The molecule has 2 heterocycles. The first-order valence-corrected chi connectivity index (χ1v) is 8.60. The zero-order chi connectivity index (χ0) is 13.7. The first kappa shape index (κ1) is 12.9. The molecule has 1 aromatic heterocycles. The summed E-state index contributed by atoms with van der Waals surface area (Å²) in [5.41, 5.74) is 2.92. The molecule has 3 atom stereocenters. The SMILES string of the molecule is CCC1CCC(n2c(C3CC3)nc3c2CCNC3)C1C. The fraction of sp³-hybridized carbons (Fsp3) is 0.824. The van der Waals surface area contributed by atoms with Gasteiger partial charge in [0.15, 0.2) is 0 Å². The van der Waals surface area contributed by atoms with Crippen molar-refractivity contribution in [1.29, 1.82) is 0 Å². The van der Waals surface area contributed by atoms with Gasteiger partial charge in [0.25, 0.3) is 0 Å². The van der Waals surface area contributed by atoms with Gasteiger partial charge in [-0.3, -0.25) is 0 Å². The van der Waals surface area contributed by atoms with E-state index in [1.807, 2.05) is 0 Å². The number of aromatic nitrogens is 2. The molecule has 2 aliphatic carbocycles. The van der Waals surface area contributed by atoms with Crippen LogP contribution in [0.2, 0.25) is 0 Å². The first-order valence-electron chi connectivity index (χ1n) is 8.60. The third-order valence-corrected chi connectivity index (χ3v) is 5.93. The summed E-state index contributed by atoms with van der Waals surface area (Å²) < 4.78 is 2.72. The summed E-state index contributed by atoms with van der Waals surface area (Å²) in [6.07, 6.45) is 8.03. The maximum absolute atomic E-state index is 5.04. The Morgan fingerprint density at radius 1 is 1.25 bits per heavy atom. The fourth-order valence-electron chi connectivity index (χ4n) is 4.52. The fourth-order valence-corrected chi connectivity index (χ4v) is 4.52. The van der Waals surface area contributed by atoms with Crippen molar-refractivity contribution in [2.75, 3.05) is 6.54 Å². The van der Waals surface area contributed by atoms with Crippen LogP contribution in [-0.2, 0) is 13.0 Å². The van der Waals surface area contributed by atoms with Crippen molar-refractivity contribution in [2.45, 2.75) is 70.9 Å². The third kappa shape index (κ3) is 1.93. The standard InChI is InChI=1S/C17H27N3/c1-3-12-6-7-15(11(12)2)20-16-8-9-18-10-14(16)19-17(20)13-4-5-13/h11-13,15,18H,3-10H2,1-2H3. The van der Waals surface area contributed by atoms with Gasteiger partial charge in [0, 0.05) is 37.2 Å². The second-order valence-electron chi connectivity index (χ2n) is 7.11. The number of imidazole rings is 1. The maximum Gasteiger partial charge on any atom is 0.112 e. The predicted molar refractivity (Wildman–Crippen MR) is 80.8 cm³/mol. The molecular weight excluding hydrogens is 246 g/mol. The lowest BCUT2D eigenvalue weighted by Crippen LogP contribution is -2.27. The van der Waals surface area contributed by atoms with Crippen molar-refractivity contribution in [1.82, 2.24) is 14.9 Å². The van der Waals surface area contributed by atoms with Crippen LogP contribution >= 0.6 is 0 Å². The van der Waals surface area contributed by atoms with E-state index in [2.05, 4.69) is 23.7 Å². The van der Waals surface area contributed by atoms with Crippen molar-refractivity contribution in [2.24, 2.45) is 11.8 Å². The largest absolute Gasteiger partial charge is 0.328 e. The van der Waals surface area contributed by atoms with Crippen LogP contribution in [0.5, 0.6) is 0 Å². The molecule has 2 saturated carbocycles. The average molecular weight is 273 g/mol. The second-order valence-corrected chi connectivity index (χ2v) is 7.11. The lowest BCUT2D eigenvalue weighted by atomic mass is 9.93. The number of hydrogen-bond donors (Lipinski definition) is 1. The summed E-state index contributed by atoms with van der Waals surface area (Å²) in [5.74, 6) is 3.96. The summed E-state index contributed by atoms with van der Waals surface area (Å²) in [6.45, 7) is 6.95. The van der Waals surface area contributed by atoms with Gasteiger partial charge in [-0.1, -0.05) is 20.3 Å². The van der Waals surface area contributed by atoms with E-state index in [-0.39, 0.29) is 0 Å². The highest BCUT2D eigenvalue weighted by Gasteiger charge is 2.39. The molecule has 0 amide bonds. The molecule has 4 rings (SSSR count). The minimum Gasteiger partial charge on any atom is -0.328 e. The minimum absolute atomic E-state index is 0.727. The van der Waals surface area contributed by atoms with E-state index in [1.54, 1.807) is 5.69 Å². The van der Waals surface area contributed by atoms with Gasteiger partial charge < -0.3 is 9.88 Å². The molecule has 3 unspecified atom stereocenters. The number of nitrogens with zero attached hydrogens (tertiary/aromatic N) is 2. The Bertz CT molecular complexity index is 501. The van der Waals surface area contributed by atoms with Crippen LogP contribution in [-0.4, -0.2) is 16.1 Å². The summed E-state index contributed by atoms with van der Waals surface area (Å²) in [7, 11) is 0. The van der Waals surface area contributed by atoms with E-state index in [1.165, 1.54) is 50.0 Å². The van der Waals surface area contributed by atoms with Gasteiger partial charge in [0.05, 0.1) is 5.69 Å². The predicted octanol–water partition coefficient (Wildman–Crippen LogP) is 3.40. The Kier molecular flexibility index (Phi) is 3.13. The highest BCUT2D eigenvalue weighted by Crippen LogP contribution is 2.47. The normalized spacial score (nSPS) is 33.4. The minimum atomic E-state index is 0.727. The third-order valence-electron chi connectivity index (χ3n) is 5.93. The van der Waals surface area contributed by atoms with Crippen molar-refractivity contribution in [3.05, 3.63) is 17.2 Å². The molecule has 0 spiro atoms. The Morgan fingerprint density at radius 3 is 2.80 bits per heavy atom. The zero-order valence-electron chi connectivity index (χ0n) is 12.9. The molecule has 0 saturated heterocycles. The van der Waals surface area contributed by atoms with Crippen LogP contribution < -0.4 is 5.32 Å². The second kappa shape index (κ2) is 4.87. The monoisotopic (exact) mass is 273 g/mol. The number of fused-ring (bicyclic) bond motifs is 1. The number of hydrogen-bond acceptors (Lipinski definition) is 2. The average Bonchev–Trinajstić information content (AvgIpc) is 3.15. The van der Waals surface area contributed by atoms with E-state index >= 15 is 0 Å². The van der Waals surface area contributed by atoms with Crippen molar-refractivity contribution < 1.29 is 0 Å². The Balaban J connectivity index is 1.74. The highest BCUT2D eigenvalue weighted by molar-refractivity contribution is 5.25. The van der Waals surface area contributed by atoms with Crippen LogP contribution in [0.3, 0.4) is 0 Å². The van der Waals surface area contributed by atoms with Crippen LogP contribution in [0.25, 0.3) is 0 Å². The first-order chi connectivity index (χ1) is 9.79. The van der Waals surface area contributed by atoms with Crippen molar-refractivity contribution >= 4 is 0 Å². The molecule has 20 heavy (non-hydrogen) atoms. The molecular formula is C17H27N3. The van der Waals surface area contributed by atoms with Crippen LogP contribution in [0.4, 0.5) is 0 Å². The molecule has 0 radical (unpaired) electrons. The molecule has 3 heteroatoms. The van der Waals surface area contributed by atoms with Gasteiger partial charge in [-0.05, 0) is 37.5 Å². The molecule has 1 aliphatic heterocycles. The summed E-state index contributed by atoms with van der Waals surface area (Å²) >= 11 is 0. The topological polar surface area (TPSA) is 29.9 Å². The molecule has 3 nitrogen and oxygen atoms in total. The van der Waals surface area contributed by atoms with Crippen LogP contribution in [0.15, 0.2) is 0 Å². The Labute approximate surface area is 122 Å². The maximum atomic E-state index is 5.04. The van der Waals surface area contributed by atoms with Gasteiger partial charge in [-0.15, -0.1) is 0 Å². The lowest BCUT2D eigenvalue weighted by molar-refractivity contribution is 0.318. The number of nitrogens with one attached hydrogen (secondary N) is 1. The van der Waals surface area contributed by atoms with Gasteiger partial charge in [-0.25, -0.2) is 4.98 Å². The van der Waals surface area contributed by atoms with Gasteiger partial charge >= 0.3 is 0 Å². The molecule has 1 N–H and O–H groups in total. The van der Waals surface area contributed by atoms with E-state index in [0.717, 1.165) is 36.9 Å². The van der Waals surface area contributed by atoms with Gasteiger partial charge in [0.2, 0.25) is 0 Å². The summed E-state index contributed by atoms with van der Waals surface area (Å²) in [6, 6.07) is 0.727. The van der Waals surface area contributed by atoms with Crippen LogP contribution in [0, 0.1) is 11.8 Å². The van der Waals surface area contributed by atoms with Crippen molar-refractivity contribution in [3.8, 4) is 0 Å². The van der Waals surface area contributed by atoms with Crippen LogP contribution in [0.1, 0.15) is 75.1 Å². The van der Waals surface area contributed by atoms with E-state index in [9.17, 15) is 0 Å². The van der Waals surface area contributed by atoms with Gasteiger partial charge in [0.1, 0.15) is 5.82 Å². The summed E-state index contributed by atoms with van der Waals surface area (Å²) in [5, 5.41) is 3.49. The quantitative estimate of drug-likeness (QED) is 0.914. The van der Waals surface area contributed by atoms with E-state index < -0.39 is 0 Å². The number of rotatable bonds is 3. The Morgan fingerprint density at radius 2 is 2.10 bits per heavy atom. The molecule has 0 aromatic carbocycles.